The molecule has 0 radical (unpaired) electrons. The van der Waals surface area contributed by atoms with Crippen LogP contribution < -0.4 is 14.2 Å². The summed E-state index contributed by atoms with van der Waals surface area (Å²) in [6.45, 7) is 1.57. The van der Waals surface area contributed by atoms with Gasteiger partial charge in [0, 0.05) is 11.1 Å². The van der Waals surface area contributed by atoms with Crippen LogP contribution in [0.1, 0.15) is 12.0 Å². The average molecular weight is 391 g/mol. The molecule has 2 aliphatic heterocycles. The average Bonchev–Trinajstić information content (AvgIpc) is 2.63. The van der Waals surface area contributed by atoms with Crippen LogP contribution in [0, 0.1) is 0 Å². The molecule has 2 aliphatic rings. The van der Waals surface area contributed by atoms with Gasteiger partial charge < -0.3 is 24.1 Å². The summed E-state index contributed by atoms with van der Waals surface area (Å²) in [4.78, 5) is 11.1. The first-order valence-electron chi connectivity index (χ1n) is 8.66. The van der Waals surface area contributed by atoms with Crippen LogP contribution in [-0.2, 0) is 14.9 Å². The van der Waals surface area contributed by atoms with Crippen molar-refractivity contribution in [1.82, 2.24) is 0 Å². The molecular formula is C20H19ClO6. The molecule has 2 aromatic carbocycles. The van der Waals surface area contributed by atoms with E-state index in [4.69, 9.17) is 35.7 Å². The molecular weight excluding hydrogens is 372 g/mol. The highest BCUT2D eigenvalue weighted by atomic mass is 35.5. The molecule has 2 aromatic rings. The summed E-state index contributed by atoms with van der Waals surface area (Å²) >= 11 is 5.98. The van der Waals surface area contributed by atoms with Gasteiger partial charge in [0.1, 0.15) is 19.0 Å². The van der Waals surface area contributed by atoms with Crippen molar-refractivity contribution in [3.05, 3.63) is 53.1 Å². The maximum absolute atomic E-state index is 11.1. The molecule has 0 aromatic heterocycles. The van der Waals surface area contributed by atoms with Crippen LogP contribution in [0.15, 0.2) is 42.5 Å². The Morgan fingerprint density at radius 1 is 1.19 bits per heavy atom. The van der Waals surface area contributed by atoms with E-state index in [1.54, 1.807) is 18.2 Å². The van der Waals surface area contributed by atoms with Crippen LogP contribution in [0.3, 0.4) is 0 Å². The van der Waals surface area contributed by atoms with Crippen LogP contribution in [-0.4, -0.2) is 43.6 Å². The number of carbonyl (C=O) groups is 1. The van der Waals surface area contributed by atoms with Crippen LogP contribution >= 0.6 is 11.6 Å². The van der Waals surface area contributed by atoms with Crippen molar-refractivity contribution >= 4 is 17.6 Å². The van der Waals surface area contributed by atoms with Gasteiger partial charge in [-0.15, -0.1) is 0 Å². The first kappa shape index (κ1) is 17.9. The van der Waals surface area contributed by atoms with E-state index < -0.39 is 11.4 Å². The highest BCUT2D eigenvalue weighted by Gasteiger charge is 2.42. The Morgan fingerprint density at radius 2 is 1.96 bits per heavy atom. The van der Waals surface area contributed by atoms with Crippen molar-refractivity contribution in [2.24, 2.45) is 0 Å². The number of rotatable bonds is 6. The Bertz CT molecular complexity index is 831. The molecule has 1 unspecified atom stereocenters. The minimum Gasteiger partial charge on any atom is -0.490 e. The van der Waals surface area contributed by atoms with Gasteiger partial charge in [-0.2, -0.15) is 0 Å². The molecule has 27 heavy (non-hydrogen) atoms. The van der Waals surface area contributed by atoms with Gasteiger partial charge in [-0.1, -0.05) is 23.7 Å². The molecule has 0 bridgehead atoms. The normalized spacial score (nSPS) is 19.8. The van der Waals surface area contributed by atoms with Crippen LogP contribution in [0.4, 0.5) is 0 Å². The second-order valence-electron chi connectivity index (χ2n) is 6.82. The number of carboxylic acids is 1. The summed E-state index contributed by atoms with van der Waals surface area (Å²) in [6, 6.07) is 12.7. The van der Waals surface area contributed by atoms with Crippen LogP contribution in [0.5, 0.6) is 17.2 Å². The molecule has 7 heteroatoms. The molecule has 0 spiro atoms. The Kier molecular flexibility index (Phi) is 4.85. The largest absolute Gasteiger partial charge is 0.490 e. The smallest absolute Gasteiger partial charge is 0.304 e. The number of aliphatic carboxylic acids is 1. The molecule has 0 aliphatic carbocycles. The number of benzene rings is 2. The van der Waals surface area contributed by atoms with Crippen molar-refractivity contribution < 1.29 is 28.8 Å². The summed E-state index contributed by atoms with van der Waals surface area (Å²) in [6.07, 6.45) is -0.184. The van der Waals surface area contributed by atoms with E-state index in [0.717, 1.165) is 5.56 Å². The van der Waals surface area contributed by atoms with E-state index in [0.29, 0.717) is 48.7 Å². The van der Waals surface area contributed by atoms with Gasteiger partial charge in [0.2, 0.25) is 0 Å². The summed E-state index contributed by atoms with van der Waals surface area (Å²) in [7, 11) is 0. The minimum absolute atomic E-state index is 0.0580. The lowest BCUT2D eigenvalue weighted by molar-refractivity contribution is -0.145. The van der Waals surface area contributed by atoms with Crippen molar-refractivity contribution in [2.75, 3.05) is 26.4 Å². The third-order valence-electron chi connectivity index (χ3n) is 4.77. The molecule has 142 valence electrons. The summed E-state index contributed by atoms with van der Waals surface area (Å²) in [5.41, 5.74) is 0.512. The lowest BCUT2D eigenvalue weighted by Gasteiger charge is -2.40. The zero-order chi connectivity index (χ0) is 18.9. The van der Waals surface area contributed by atoms with E-state index in [-0.39, 0.29) is 12.5 Å². The van der Waals surface area contributed by atoms with Crippen LogP contribution in [0.2, 0.25) is 5.02 Å². The highest BCUT2D eigenvalue weighted by molar-refractivity contribution is 6.30. The quantitative estimate of drug-likeness (QED) is 0.815. The van der Waals surface area contributed by atoms with Crippen molar-refractivity contribution in [2.45, 2.75) is 17.9 Å². The van der Waals surface area contributed by atoms with Crippen molar-refractivity contribution in [3.8, 4) is 17.2 Å². The Labute approximate surface area is 161 Å². The summed E-state index contributed by atoms with van der Waals surface area (Å²) in [5.74, 6) is 1.14. The van der Waals surface area contributed by atoms with Gasteiger partial charge >= 0.3 is 5.97 Å². The molecule has 2 heterocycles. The first-order chi connectivity index (χ1) is 13.0. The molecule has 1 atom stereocenters. The summed E-state index contributed by atoms with van der Waals surface area (Å²) in [5, 5.41) is 9.72. The number of fused-ring (bicyclic) bond motifs is 1. The maximum Gasteiger partial charge on any atom is 0.304 e. The van der Waals surface area contributed by atoms with Gasteiger partial charge in [-0.05, 0) is 29.8 Å². The third-order valence-corrected chi connectivity index (χ3v) is 5.01. The second kappa shape index (κ2) is 7.29. The molecule has 0 amide bonds. The second-order valence-corrected chi connectivity index (χ2v) is 7.26. The molecule has 4 rings (SSSR count). The molecule has 0 saturated carbocycles. The van der Waals surface area contributed by atoms with E-state index in [1.165, 1.54) is 0 Å². The van der Waals surface area contributed by atoms with E-state index in [2.05, 4.69) is 0 Å². The SMILES string of the molecule is O=C(O)CC1(c2ccc(OCC3COc4ccc(Cl)cc4O3)cc2)COC1. The van der Waals surface area contributed by atoms with Gasteiger partial charge in [0.05, 0.1) is 25.0 Å². The lowest BCUT2D eigenvalue weighted by Crippen LogP contribution is -2.48. The predicted octanol–water partition coefficient (Wildman–Crippen LogP) is 3.30. The minimum atomic E-state index is -0.826. The van der Waals surface area contributed by atoms with Gasteiger partial charge in [-0.25, -0.2) is 0 Å². The molecule has 1 N–H and O–H groups in total. The molecule has 6 nitrogen and oxygen atoms in total. The fourth-order valence-corrected chi connectivity index (χ4v) is 3.44. The Balaban J connectivity index is 1.36. The Morgan fingerprint density at radius 3 is 2.63 bits per heavy atom. The number of hydrogen-bond acceptors (Lipinski definition) is 5. The van der Waals surface area contributed by atoms with Gasteiger partial charge in [0.15, 0.2) is 17.6 Å². The zero-order valence-corrected chi connectivity index (χ0v) is 15.3. The first-order valence-corrected chi connectivity index (χ1v) is 9.04. The number of hydrogen-bond donors (Lipinski definition) is 1. The van der Waals surface area contributed by atoms with Gasteiger partial charge in [0.25, 0.3) is 0 Å². The maximum atomic E-state index is 11.1. The standard InChI is InChI=1S/C20H19ClO6/c21-14-3-6-17-18(7-14)27-16(10-26-17)9-25-15-4-1-13(2-5-15)20(8-19(22)23)11-24-12-20/h1-7,16H,8-12H2,(H,22,23). The topological polar surface area (TPSA) is 74.2 Å². The van der Waals surface area contributed by atoms with E-state index in [9.17, 15) is 4.79 Å². The molecule has 1 fully saturated rings. The third kappa shape index (κ3) is 3.82. The monoisotopic (exact) mass is 390 g/mol. The molecule has 1 saturated heterocycles. The Hall–Kier alpha value is -2.44. The van der Waals surface area contributed by atoms with Gasteiger partial charge in [-0.3, -0.25) is 4.79 Å². The predicted molar refractivity (Wildman–Crippen MR) is 98.0 cm³/mol. The fourth-order valence-electron chi connectivity index (χ4n) is 3.27. The number of halogens is 1. The van der Waals surface area contributed by atoms with E-state index >= 15 is 0 Å². The highest BCUT2D eigenvalue weighted by Crippen LogP contribution is 2.37. The van der Waals surface area contributed by atoms with Crippen molar-refractivity contribution in [1.29, 1.82) is 0 Å². The summed E-state index contributed by atoms with van der Waals surface area (Å²) < 4.78 is 22.6. The lowest BCUT2D eigenvalue weighted by atomic mass is 9.76. The number of carboxylic acid groups (broad SMARTS) is 1. The zero-order valence-electron chi connectivity index (χ0n) is 14.5. The van der Waals surface area contributed by atoms with Crippen molar-refractivity contribution in [3.63, 3.8) is 0 Å². The number of ether oxygens (including phenoxy) is 4. The van der Waals surface area contributed by atoms with E-state index in [1.807, 2.05) is 24.3 Å². The fraction of sp³-hybridized carbons (Fsp3) is 0.350. The van der Waals surface area contributed by atoms with Crippen LogP contribution in [0.25, 0.3) is 0 Å².